The highest BCUT2D eigenvalue weighted by Crippen LogP contribution is 2.31. The van der Waals surface area contributed by atoms with Gasteiger partial charge in [-0.1, -0.05) is 0 Å². The molecule has 19 heavy (non-hydrogen) atoms. The third-order valence-electron chi connectivity index (χ3n) is 3.36. The van der Waals surface area contributed by atoms with E-state index in [1.165, 1.54) is 0 Å². The van der Waals surface area contributed by atoms with Gasteiger partial charge < -0.3 is 15.0 Å². The first kappa shape index (κ1) is 14.1. The van der Waals surface area contributed by atoms with Gasteiger partial charge in [0.2, 0.25) is 0 Å². The molecule has 4 heteroatoms. The minimum Gasteiger partial charge on any atom is -0.387 e. The van der Waals surface area contributed by atoms with Crippen molar-refractivity contribution < 1.29 is 4.74 Å². The summed E-state index contributed by atoms with van der Waals surface area (Å²) in [6.45, 7) is 12.3. The summed E-state index contributed by atoms with van der Waals surface area (Å²) < 4.78 is 6.11. The van der Waals surface area contributed by atoms with Gasteiger partial charge in [-0.25, -0.2) is 4.98 Å². The fraction of sp³-hybridized carbons (Fsp3) is 0.667. The lowest BCUT2D eigenvalue weighted by Gasteiger charge is -2.47. The number of nitrogens with one attached hydrogen (secondary N) is 1. The van der Waals surface area contributed by atoms with Crippen molar-refractivity contribution in [2.24, 2.45) is 0 Å². The number of hydrogen-bond donors (Lipinski definition) is 1. The lowest BCUT2D eigenvalue weighted by molar-refractivity contribution is -0.133. The maximum atomic E-state index is 6.11. The molecule has 0 unspecified atom stereocenters. The van der Waals surface area contributed by atoms with Gasteiger partial charge in [0, 0.05) is 20.1 Å². The van der Waals surface area contributed by atoms with Crippen LogP contribution in [0.5, 0.6) is 0 Å². The van der Waals surface area contributed by atoms with Crippen LogP contribution in [0.15, 0.2) is 12.1 Å². The molecule has 0 aliphatic carbocycles. The Morgan fingerprint density at radius 3 is 2.21 bits per heavy atom. The molecule has 0 amide bonds. The number of rotatable bonds is 2. The van der Waals surface area contributed by atoms with E-state index in [9.17, 15) is 0 Å². The van der Waals surface area contributed by atoms with Crippen LogP contribution in [0.25, 0.3) is 0 Å². The quantitative estimate of drug-likeness (QED) is 0.890. The number of anilines is 2. The number of pyridine rings is 1. The second-order valence-electron chi connectivity index (χ2n) is 6.53. The summed E-state index contributed by atoms with van der Waals surface area (Å²) in [6, 6.07) is 4.17. The van der Waals surface area contributed by atoms with Gasteiger partial charge in [-0.2, -0.15) is 0 Å². The average Bonchev–Trinajstić information content (AvgIpc) is 2.24. The third-order valence-corrected chi connectivity index (χ3v) is 3.36. The predicted octanol–water partition coefficient (Wildman–Crippen LogP) is 2.83. The molecule has 4 nitrogen and oxygen atoms in total. The summed E-state index contributed by atoms with van der Waals surface area (Å²) in [7, 11) is 1.92. The summed E-state index contributed by atoms with van der Waals surface area (Å²) in [4.78, 5) is 7.02. The maximum absolute atomic E-state index is 6.11. The molecule has 1 aromatic rings. The van der Waals surface area contributed by atoms with Crippen LogP contribution in [-0.2, 0) is 4.74 Å². The first-order valence-corrected chi connectivity index (χ1v) is 6.83. The van der Waals surface area contributed by atoms with Crippen molar-refractivity contribution in [2.75, 3.05) is 30.4 Å². The molecule has 0 atom stereocenters. The highest BCUT2D eigenvalue weighted by Gasteiger charge is 2.38. The van der Waals surface area contributed by atoms with E-state index in [0.717, 1.165) is 30.3 Å². The SMILES string of the molecule is CNc1ccc(N2CC(C)(C)OC(C)(C)C2)nc1C. The molecule has 0 spiro atoms. The number of nitrogens with zero attached hydrogens (tertiary/aromatic N) is 2. The fourth-order valence-corrected chi connectivity index (χ4v) is 2.94. The van der Waals surface area contributed by atoms with E-state index in [-0.39, 0.29) is 11.2 Å². The molecular formula is C15H25N3O. The van der Waals surface area contributed by atoms with Crippen molar-refractivity contribution in [1.29, 1.82) is 0 Å². The van der Waals surface area contributed by atoms with Crippen molar-refractivity contribution in [3.63, 3.8) is 0 Å². The first-order valence-electron chi connectivity index (χ1n) is 6.83. The second-order valence-corrected chi connectivity index (χ2v) is 6.53. The summed E-state index contributed by atoms with van der Waals surface area (Å²) in [5.74, 6) is 1.03. The van der Waals surface area contributed by atoms with Gasteiger partial charge in [0.1, 0.15) is 5.82 Å². The van der Waals surface area contributed by atoms with Crippen LogP contribution in [0.2, 0.25) is 0 Å². The summed E-state index contributed by atoms with van der Waals surface area (Å²) in [5.41, 5.74) is 1.80. The number of aryl methyl sites for hydroxylation is 1. The highest BCUT2D eigenvalue weighted by atomic mass is 16.5. The molecule has 1 N–H and O–H groups in total. The van der Waals surface area contributed by atoms with Crippen molar-refractivity contribution in [3.8, 4) is 0 Å². The largest absolute Gasteiger partial charge is 0.387 e. The molecule has 1 aliphatic heterocycles. The Morgan fingerprint density at radius 2 is 1.74 bits per heavy atom. The molecule has 0 saturated carbocycles. The zero-order valence-corrected chi connectivity index (χ0v) is 12.9. The van der Waals surface area contributed by atoms with E-state index >= 15 is 0 Å². The van der Waals surface area contributed by atoms with Gasteiger partial charge in [-0.3, -0.25) is 0 Å². The zero-order valence-electron chi connectivity index (χ0n) is 12.9. The molecule has 1 aliphatic rings. The van der Waals surface area contributed by atoms with E-state index in [0.29, 0.717) is 0 Å². The standard InChI is InChI=1S/C15H25N3O/c1-11-12(16-6)7-8-13(17-11)18-9-14(2,3)19-15(4,5)10-18/h7-8,16H,9-10H2,1-6H3. The monoisotopic (exact) mass is 263 g/mol. The number of aromatic nitrogens is 1. The second kappa shape index (κ2) is 4.67. The van der Waals surface area contributed by atoms with Crippen molar-refractivity contribution >= 4 is 11.5 Å². The van der Waals surface area contributed by atoms with E-state index in [4.69, 9.17) is 9.72 Å². The molecule has 1 fully saturated rings. The van der Waals surface area contributed by atoms with Crippen molar-refractivity contribution in [2.45, 2.75) is 45.8 Å². The minimum atomic E-state index is -0.154. The first-order chi connectivity index (χ1) is 8.72. The maximum Gasteiger partial charge on any atom is 0.129 e. The Kier molecular flexibility index (Phi) is 3.47. The van der Waals surface area contributed by atoms with E-state index < -0.39 is 0 Å². The summed E-state index contributed by atoms with van der Waals surface area (Å²) >= 11 is 0. The van der Waals surface area contributed by atoms with Crippen LogP contribution in [-0.4, -0.2) is 36.3 Å². The summed E-state index contributed by atoms with van der Waals surface area (Å²) in [5, 5.41) is 3.15. The highest BCUT2D eigenvalue weighted by molar-refractivity contribution is 5.53. The van der Waals surface area contributed by atoms with Gasteiger partial charge in [-0.05, 0) is 46.8 Å². The van der Waals surface area contributed by atoms with Gasteiger partial charge in [-0.15, -0.1) is 0 Å². The van der Waals surface area contributed by atoms with E-state index in [1.54, 1.807) is 0 Å². The molecule has 1 saturated heterocycles. The number of ether oxygens (including phenoxy) is 1. The topological polar surface area (TPSA) is 37.4 Å². The van der Waals surface area contributed by atoms with Crippen LogP contribution in [0.3, 0.4) is 0 Å². The van der Waals surface area contributed by atoms with Crippen LogP contribution in [0.4, 0.5) is 11.5 Å². The minimum absolute atomic E-state index is 0.154. The van der Waals surface area contributed by atoms with Crippen LogP contribution >= 0.6 is 0 Å². The molecule has 0 aromatic carbocycles. The lowest BCUT2D eigenvalue weighted by atomic mass is 9.99. The Balaban J connectivity index is 2.28. The normalized spacial score (nSPS) is 21.3. The van der Waals surface area contributed by atoms with E-state index in [1.807, 2.05) is 14.0 Å². The summed E-state index contributed by atoms with van der Waals surface area (Å²) in [6.07, 6.45) is 0. The lowest BCUT2D eigenvalue weighted by Crippen LogP contribution is -2.57. The molecule has 106 valence electrons. The van der Waals surface area contributed by atoms with Crippen LogP contribution in [0, 0.1) is 6.92 Å². The van der Waals surface area contributed by atoms with Gasteiger partial charge in [0.05, 0.1) is 22.6 Å². The molecule has 0 radical (unpaired) electrons. The Morgan fingerprint density at radius 1 is 1.16 bits per heavy atom. The number of morpholine rings is 1. The Bertz CT molecular complexity index is 452. The zero-order chi connectivity index (χ0) is 14.3. The third kappa shape index (κ3) is 3.18. The Labute approximate surface area is 116 Å². The smallest absolute Gasteiger partial charge is 0.129 e. The van der Waals surface area contributed by atoms with Gasteiger partial charge >= 0.3 is 0 Å². The predicted molar refractivity (Wildman–Crippen MR) is 80.0 cm³/mol. The fourth-order valence-electron chi connectivity index (χ4n) is 2.94. The van der Waals surface area contributed by atoms with Crippen molar-refractivity contribution in [1.82, 2.24) is 4.98 Å². The van der Waals surface area contributed by atoms with Gasteiger partial charge in [0.25, 0.3) is 0 Å². The van der Waals surface area contributed by atoms with Crippen molar-refractivity contribution in [3.05, 3.63) is 17.8 Å². The molecular weight excluding hydrogens is 238 g/mol. The molecule has 1 aromatic heterocycles. The van der Waals surface area contributed by atoms with Gasteiger partial charge in [0.15, 0.2) is 0 Å². The van der Waals surface area contributed by atoms with Crippen LogP contribution < -0.4 is 10.2 Å². The van der Waals surface area contributed by atoms with E-state index in [2.05, 4.69) is 50.0 Å². The van der Waals surface area contributed by atoms with Crippen LogP contribution in [0.1, 0.15) is 33.4 Å². The average molecular weight is 263 g/mol. The molecule has 2 rings (SSSR count). The Hall–Kier alpha value is -1.29. The molecule has 0 bridgehead atoms. The molecule has 2 heterocycles. The number of hydrogen-bond acceptors (Lipinski definition) is 4.